The lowest BCUT2D eigenvalue weighted by molar-refractivity contribution is 0.221. The van der Waals surface area contributed by atoms with Gasteiger partial charge in [-0.25, -0.2) is 4.98 Å². The Labute approximate surface area is 152 Å². The fourth-order valence-corrected chi connectivity index (χ4v) is 3.47. The van der Waals surface area contributed by atoms with E-state index in [0.29, 0.717) is 18.9 Å². The molecule has 0 radical (unpaired) electrons. The molecule has 3 heterocycles. The highest BCUT2D eigenvalue weighted by Gasteiger charge is 2.22. The van der Waals surface area contributed by atoms with E-state index in [0.717, 1.165) is 39.3 Å². The first-order valence-electron chi connectivity index (χ1n) is 7.83. The minimum absolute atomic E-state index is 0.0439. The van der Waals surface area contributed by atoms with Gasteiger partial charge in [0.2, 0.25) is 0 Å². The van der Waals surface area contributed by atoms with Crippen molar-refractivity contribution in [2.75, 3.05) is 6.54 Å². The Hall–Kier alpha value is -1.93. The lowest BCUT2D eigenvalue weighted by Gasteiger charge is -2.26. The van der Waals surface area contributed by atoms with Crippen LogP contribution < -0.4 is 5.56 Å². The highest BCUT2D eigenvalue weighted by Crippen LogP contribution is 2.20. The van der Waals surface area contributed by atoms with Gasteiger partial charge in [-0.2, -0.15) is 0 Å². The van der Waals surface area contributed by atoms with E-state index in [2.05, 4.69) is 37.5 Å². The average molecular weight is 433 g/mol. The van der Waals surface area contributed by atoms with Gasteiger partial charge in [-0.05, 0) is 34.7 Å². The molecule has 2 aromatic heterocycles. The summed E-state index contributed by atoms with van der Waals surface area (Å²) in [4.78, 5) is 22.3. The van der Waals surface area contributed by atoms with Crippen molar-refractivity contribution in [3.63, 3.8) is 0 Å². The quantitative estimate of drug-likeness (QED) is 0.645. The van der Waals surface area contributed by atoms with Gasteiger partial charge in [-0.15, -0.1) is 0 Å². The molecule has 0 bridgehead atoms. The summed E-state index contributed by atoms with van der Waals surface area (Å²) in [5, 5.41) is 0. The van der Waals surface area contributed by atoms with Crippen molar-refractivity contribution in [1.82, 2.24) is 14.9 Å². The van der Waals surface area contributed by atoms with E-state index < -0.39 is 0 Å². The highest BCUT2D eigenvalue weighted by molar-refractivity contribution is 14.1. The van der Waals surface area contributed by atoms with Crippen molar-refractivity contribution < 1.29 is 4.42 Å². The molecule has 4 rings (SSSR count). The topological polar surface area (TPSA) is 62.1 Å². The van der Waals surface area contributed by atoms with Gasteiger partial charge in [-0.3, -0.25) is 9.69 Å². The molecule has 5 nitrogen and oxygen atoms in total. The van der Waals surface area contributed by atoms with Crippen molar-refractivity contribution in [1.29, 1.82) is 0 Å². The highest BCUT2D eigenvalue weighted by atomic mass is 127. The molecule has 1 aromatic carbocycles. The molecule has 0 unspecified atom stereocenters. The van der Waals surface area contributed by atoms with Crippen molar-refractivity contribution in [3.05, 3.63) is 73.6 Å². The van der Waals surface area contributed by atoms with Gasteiger partial charge < -0.3 is 9.40 Å². The van der Waals surface area contributed by atoms with Crippen molar-refractivity contribution >= 4 is 22.6 Å². The summed E-state index contributed by atoms with van der Waals surface area (Å²) in [6.07, 6.45) is 0.775. The Kier molecular flexibility index (Phi) is 4.24. The van der Waals surface area contributed by atoms with Gasteiger partial charge >= 0.3 is 0 Å². The molecule has 3 aromatic rings. The van der Waals surface area contributed by atoms with E-state index in [9.17, 15) is 4.79 Å². The number of nitrogens with one attached hydrogen (secondary N) is 1. The Bertz CT molecular complexity index is 918. The van der Waals surface area contributed by atoms with Crippen LogP contribution in [-0.4, -0.2) is 21.4 Å². The van der Waals surface area contributed by atoms with Gasteiger partial charge in [-0.1, -0.05) is 30.3 Å². The van der Waals surface area contributed by atoms with Gasteiger partial charge in [0.25, 0.3) is 5.56 Å². The van der Waals surface area contributed by atoms with Crippen LogP contribution in [0, 0.1) is 3.77 Å². The summed E-state index contributed by atoms with van der Waals surface area (Å²) in [6.45, 7) is 2.18. The van der Waals surface area contributed by atoms with Crippen molar-refractivity contribution in [2.45, 2.75) is 19.5 Å². The molecule has 24 heavy (non-hydrogen) atoms. The molecular formula is C18H16IN3O2. The number of rotatable bonds is 3. The summed E-state index contributed by atoms with van der Waals surface area (Å²) in [5.41, 5.74) is 2.56. The third-order valence-electron chi connectivity index (χ3n) is 4.20. The average Bonchev–Trinajstić information content (AvgIpc) is 3.01. The fraction of sp³-hybridized carbons (Fsp3) is 0.222. The molecule has 1 N–H and O–H groups in total. The van der Waals surface area contributed by atoms with Crippen LogP contribution in [0.25, 0.3) is 11.4 Å². The molecule has 0 saturated carbocycles. The number of fused-ring (bicyclic) bond motifs is 1. The summed E-state index contributed by atoms with van der Waals surface area (Å²) in [7, 11) is 0. The summed E-state index contributed by atoms with van der Waals surface area (Å²) in [5.74, 6) is 1.57. The van der Waals surface area contributed by atoms with E-state index in [-0.39, 0.29) is 5.56 Å². The molecule has 0 spiro atoms. The van der Waals surface area contributed by atoms with Crippen LogP contribution in [-0.2, 0) is 19.5 Å². The van der Waals surface area contributed by atoms with E-state index in [1.165, 1.54) is 0 Å². The first-order valence-corrected chi connectivity index (χ1v) is 8.91. The number of H-pyrrole nitrogens is 1. The molecule has 0 fully saturated rings. The number of aromatic nitrogens is 2. The third kappa shape index (κ3) is 3.16. The van der Waals surface area contributed by atoms with Crippen LogP contribution in [0.3, 0.4) is 0 Å². The first kappa shape index (κ1) is 15.6. The monoisotopic (exact) mass is 433 g/mol. The Morgan fingerprint density at radius 3 is 2.79 bits per heavy atom. The van der Waals surface area contributed by atoms with E-state index in [1.807, 2.05) is 42.5 Å². The normalized spacial score (nSPS) is 14.5. The fourth-order valence-electron chi connectivity index (χ4n) is 3.01. The van der Waals surface area contributed by atoms with Gasteiger partial charge in [0.15, 0.2) is 3.77 Å². The van der Waals surface area contributed by atoms with Crippen LogP contribution in [0.1, 0.15) is 17.0 Å². The second kappa shape index (κ2) is 6.52. The lowest BCUT2D eigenvalue weighted by atomic mass is 10.1. The Morgan fingerprint density at radius 2 is 2.04 bits per heavy atom. The van der Waals surface area contributed by atoms with Crippen LogP contribution in [0.5, 0.6) is 0 Å². The second-order valence-corrected chi connectivity index (χ2v) is 6.94. The van der Waals surface area contributed by atoms with Crippen molar-refractivity contribution in [3.8, 4) is 11.4 Å². The van der Waals surface area contributed by atoms with Crippen LogP contribution in [0.2, 0.25) is 0 Å². The van der Waals surface area contributed by atoms with Crippen LogP contribution in [0.15, 0.2) is 51.7 Å². The van der Waals surface area contributed by atoms with E-state index in [4.69, 9.17) is 4.42 Å². The first-order chi connectivity index (χ1) is 11.7. The van der Waals surface area contributed by atoms with Crippen LogP contribution in [0.4, 0.5) is 0 Å². The maximum absolute atomic E-state index is 12.5. The maximum atomic E-state index is 12.5. The summed E-state index contributed by atoms with van der Waals surface area (Å²) < 4.78 is 6.51. The van der Waals surface area contributed by atoms with Crippen LogP contribution >= 0.6 is 22.6 Å². The largest absolute Gasteiger partial charge is 0.454 e. The minimum atomic E-state index is -0.0439. The predicted octanol–water partition coefficient (Wildman–Crippen LogP) is 3.19. The number of halogens is 1. The summed E-state index contributed by atoms with van der Waals surface area (Å²) in [6, 6.07) is 13.7. The number of benzene rings is 1. The predicted molar refractivity (Wildman–Crippen MR) is 99.5 cm³/mol. The second-order valence-electron chi connectivity index (χ2n) is 5.87. The van der Waals surface area contributed by atoms with Gasteiger partial charge in [0, 0.05) is 25.1 Å². The molecule has 6 heteroatoms. The standard InChI is InChI=1S/C18H16IN3O2/c19-16-7-6-13(24-16)10-22-9-8-15-14(11-22)18(23)21-17(20-15)12-4-2-1-3-5-12/h1-7H,8-11H2,(H,20,21,23). The van der Waals surface area contributed by atoms with Crippen molar-refractivity contribution in [2.24, 2.45) is 0 Å². The molecule has 0 saturated heterocycles. The number of nitrogens with zero attached hydrogens (tertiary/aromatic N) is 2. The molecule has 1 aliphatic rings. The molecule has 0 atom stereocenters. The smallest absolute Gasteiger partial charge is 0.255 e. The van der Waals surface area contributed by atoms with E-state index >= 15 is 0 Å². The zero-order chi connectivity index (χ0) is 16.5. The Morgan fingerprint density at radius 1 is 1.21 bits per heavy atom. The Balaban J connectivity index is 1.59. The number of furan rings is 1. The molecule has 0 aliphatic carbocycles. The van der Waals surface area contributed by atoms with Gasteiger partial charge in [0.1, 0.15) is 11.6 Å². The number of hydrogen-bond donors (Lipinski definition) is 1. The molecule has 1 aliphatic heterocycles. The minimum Gasteiger partial charge on any atom is -0.454 e. The maximum Gasteiger partial charge on any atom is 0.255 e. The SMILES string of the molecule is O=c1[nH]c(-c2ccccc2)nc2c1CN(Cc1ccc(I)o1)CC2. The summed E-state index contributed by atoms with van der Waals surface area (Å²) >= 11 is 2.16. The zero-order valence-electron chi connectivity index (χ0n) is 13.0. The molecule has 122 valence electrons. The zero-order valence-corrected chi connectivity index (χ0v) is 15.1. The van der Waals surface area contributed by atoms with Gasteiger partial charge in [0.05, 0.1) is 17.8 Å². The molecule has 0 amide bonds. The lowest BCUT2D eigenvalue weighted by Crippen LogP contribution is -2.35. The number of hydrogen-bond acceptors (Lipinski definition) is 4. The van der Waals surface area contributed by atoms with E-state index in [1.54, 1.807) is 0 Å². The number of aromatic amines is 1. The third-order valence-corrected chi connectivity index (χ3v) is 4.78. The molecular weight excluding hydrogens is 417 g/mol.